The molecule has 2 atom stereocenters. The van der Waals surface area contributed by atoms with E-state index >= 15 is 0 Å². The second-order valence-electron chi connectivity index (χ2n) is 4.86. The molecule has 1 aliphatic rings. The maximum atomic E-state index is 12.2. The molecule has 0 aliphatic carbocycles. The molecule has 0 saturated carbocycles. The molecule has 1 fully saturated rings. The lowest BCUT2D eigenvalue weighted by Crippen LogP contribution is -2.32. The van der Waals surface area contributed by atoms with Gasteiger partial charge in [-0.05, 0) is 18.9 Å². The van der Waals surface area contributed by atoms with Crippen molar-refractivity contribution in [3.63, 3.8) is 0 Å². The number of nitrogens with zero attached hydrogens (tertiary/aromatic N) is 1. The van der Waals surface area contributed by atoms with E-state index in [1.54, 1.807) is 0 Å². The Morgan fingerprint density at radius 3 is 2.95 bits per heavy atom. The van der Waals surface area contributed by atoms with Gasteiger partial charge in [0.15, 0.2) is 5.82 Å². The standard InChI is InChI=1S/C12H19ClN4O3S/c1-2-11-8(3-4-20-11)6-16-21(18,19)9-5-10(13)12(17-14)15-7-9/h5,7-8,11,16H,2-4,6,14H2,1H3,(H,15,17). The zero-order chi connectivity index (χ0) is 15.5. The molecule has 0 amide bonds. The predicted molar refractivity (Wildman–Crippen MR) is 80.4 cm³/mol. The SMILES string of the molecule is CCC1OCCC1CNS(=O)(=O)c1cnc(NN)c(Cl)c1. The third kappa shape index (κ3) is 3.83. The van der Waals surface area contributed by atoms with Crippen molar-refractivity contribution >= 4 is 27.4 Å². The monoisotopic (exact) mass is 334 g/mol. The molecule has 1 aliphatic heterocycles. The first kappa shape index (κ1) is 16.4. The minimum absolute atomic E-state index is 0.0125. The maximum Gasteiger partial charge on any atom is 0.242 e. The Labute approximate surface area is 129 Å². The number of pyridine rings is 1. The zero-order valence-electron chi connectivity index (χ0n) is 11.7. The summed E-state index contributed by atoms with van der Waals surface area (Å²) in [7, 11) is -3.65. The van der Waals surface area contributed by atoms with Crippen molar-refractivity contribution < 1.29 is 13.2 Å². The number of halogens is 1. The van der Waals surface area contributed by atoms with E-state index in [2.05, 4.69) is 15.1 Å². The van der Waals surface area contributed by atoms with E-state index in [9.17, 15) is 8.42 Å². The molecule has 1 saturated heterocycles. The van der Waals surface area contributed by atoms with E-state index in [0.717, 1.165) is 12.8 Å². The van der Waals surface area contributed by atoms with Crippen molar-refractivity contribution in [3.05, 3.63) is 17.3 Å². The minimum Gasteiger partial charge on any atom is -0.378 e. The Morgan fingerprint density at radius 1 is 1.57 bits per heavy atom. The first-order valence-corrected chi connectivity index (χ1v) is 8.57. The fourth-order valence-electron chi connectivity index (χ4n) is 2.35. The molecule has 0 aromatic carbocycles. The molecule has 9 heteroatoms. The molecule has 7 nitrogen and oxygen atoms in total. The molecule has 0 bridgehead atoms. The van der Waals surface area contributed by atoms with Gasteiger partial charge in [0.1, 0.15) is 4.90 Å². The summed E-state index contributed by atoms with van der Waals surface area (Å²) in [5.74, 6) is 5.63. The lowest BCUT2D eigenvalue weighted by molar-refractivity contribution is 0.0884. The summed E-state index contributed by atoms with van der Waals surface area (Å²) < 4.78 is 32.6. The third-order valence-corrected chi connectivity index (χ3v) is 5.23. The van der Waals surface area contributed by atoms with Crippen molar-refractivity contribution in [3.8, 4) is 0 Å². The summed E-state index contributed by atoms with van der Waals surface area (Å²) in [5, 5.41) is 0.149. The molecule has 4 N–H and O–H groups in total. The van der Waals surface area contributed by atoms with Gasteiger partial charge in [-0.15, -0.1) is 0 Å². The summed E-state index contributed by atoms with van der Waals surface area (Å²) in [6.07, 6.45) is 3.05. The largest absolute Gasteiger partial charge is 0.378 e. The molecular formula is C12H19ClN4O3S. The fourth-order valence-corrected chi connectivity index (χ4v) is 3.70. The summed E-state index contributed by atoms with van der Waals surface area (Å²) >= 11 is 5.89. The summed E-state index contributed by atoms with van der Waals surface area (Å²) in [4.78, 5) is 3.87. The number of hydrogen-bond donors (Lipinski definition) is 3. The highest BCUT2D eigenvalue weighted by molar-refractivity contribution is 7.89. The normalized spacial score (nSPS) is 22.4. The van der Waals surface area contributed by atoms with Gasteiger partial charge in [-0.25, -0.2) is 24.0 Å². The van der Waals surface area contributed by atoms with Crippen LogP contribution in [0.1, 0.15) is 19.8 Å². The first-order chi connectivity index (χ1) is 9.97. The molecule has 118 valence electrons. The number of hydrazine groups is 1. The van der Waals surface area contributed by atoms with E-state index in [4.69, 9.17) is 22.2 Å². The highest BCUT2D eigenvalue weighted by Gasteiger charge is 2.28. The third-order valence-electron chi connectivity index (χ3n) is 3.55. The zero-order valence-corrected chi connectivity index (χ0v) is 13.2. The average molecular weight is 335 g/mol. The summed E-state index contributed by atoms with van der Waals surface area (Å²) in [6.45, 7) is 3.05. The summed E-state index contributed by atoms with van der Waals surface area (Å²) in [5.41, 5.74) is 2.29. The van der Waals surface area contributed by atoms with Crippen molar-refractivity contribution in [1.82, 2.24) is 9.71 Å². The van der Waals surface area contributed by atoms with Crippen LogP contribution in [0, 0.1) is 5.92 Å². The number of nitrogen functional groups attached to an aromatic ring is 1. The van der Waals surface area contributed by atoms with Crippen molar-refractivity contribution in [2.75, 3.05) is 18.6 Å². The van der Waals surface area contributed by atoms with Crippen LogP contribution in [-0.2, 0) is 14.8 Å². The van der Waals surface area contributed by atoms with E-state index in [-0.39, 0.29) is 27.8 Å². The topological polar surface area (TPSA) is 106 Å². The van der Waals surface area contributed by atoms with Crippen LogP contribution in [0.4, 0.5) is 5.82 Å². The smallest absolute Gasteiger partial charge is 0.242 e. The number of hydrogen-bond acceptors (Lipinski definition) is 6. The van der Waals surface area contributed by atoms with Crippen LogP contribution in [0.5, 0.6) is 0 Å². The van der Waals surface area contributed by atoms with E-state index in [0.29, 0.717) is 13.2 Å². The van der Waals surface area contributed by atoms with Gasteiger partial charge in [0.2, 0.25) is 10.0 Å². The number of ether oxygens (including phenoxy) is 1. The Bertz CT molecular complexity index is 596. The number of rotatable bonds is 6. The molecule has 2 rings (SSSR count). The predicted octanol–water partition coefficient (Wildman–Crippen LogP) is 1.11. The van der Waals surface area contributed by atoms with Crippen molar-refractivity contribution in [1.29, 1.82) is 0 Å². The lowest BCUT2D eigenvalue weighted by atomic mass is 10.0. The van der Waals surface area contributed by atoms with E-state index in [1.165, 1.54) is 12.3 Å². The van der Waals surface area contributed by atoms with Gasteiger partial charge >= 0.3 is 0 Å². The number of nitrogens with one attached hydrogen (secondary N) is 2. The van der Waals surface area contributed by atoms with Gasteiger partial charge in [0.25, 0.3) is 0 Å². The molecule has 0 radical (unpaired) electrons. The first-order valence-electron chi connectivity index (χ1n) is 6.71. The molecule has 2 heterocycles. The number of nitrogens with two attached hydrogens (primary N) is 1. The highest BCUT2D eigenvalue weighted by Crippen LogP contribution is 2.24. The lowest BCUT2D eigenvalue weighted by Gasteiger charge is -2.17. The highest BCUT2D eigenvalue weighted by atomic mass is 35.5. The molecule has 1 aromatic heterocycles. The summed E-state index contributed by atoms with van der Waals surface area (Å²) in [6, 6.07) is 1.31. The second-order valence-corrected chi connectivity index (χ2v) is 7.04. The molecule has 0 spiro atoms. The quantitative estimate of drug-likeness (QED) is 0.531. The van der Waals surface area contributed by atoms with E-state index < -0.39 is 10.0 Å². The van der Waals surface area contributed by atoms with Crippen LogP contribution in [0.15, 0.2) is 17.2 Å². The van der Waals surface area contributed by atoms with Gasteiger partial charge < -0.3 is 10.2 Å². The molecule has 21 heavy (non-hydrogen) atoms. The Hall–Kier alpha value is -0.930. The fraction of sp³-hybridized carbons (Fsp3) is 0.583. The van der Waals surface area contributed by atoms with E-state index in [1.807, 2.05) is 6.92 Å². The van der Waals surface area contributed by atoms with Crippen LogP contribution in [0.25, 0.3) is 0 Å². The minimum atomic E-state index is -3.65. The number of aromatic nitrogens is 1. The number of anilines is 1. The molecular weight excluding hydrogens is 316 g/mol. The Balaban J connectivity index is 2.06. The van der Waals surface area contributed by atoms with Crippen LogP contribution in [0.3, 0.4) is 0 Å². The maximum absolute atomic E-state index is 12.2. The Morgan fingerprint density at radius 2 is 2.33 bits per heavy atom. The van der Waals surface area contributed by atoms with Crippen molar-refractivity contribution in [2.45, 2.75) is 30.8 Å². The molecule has 2 unspecified atom stereocenters. The van der Waals surface area contributed by atoms with Crippen LogP contribution in [0.2, 0.25) is 5.02 Å². The average Bonchev–Trinajstić information content (AvgIpc) is 2.92. The van der Waals surface area contributed by atoms with Crippen LogP contribution >= 0.6 is 11.6 Å². The van der Waals surface area contributed by atoms with Gasteiger partial charge in [-0.3, -0.25) is 0 Å². The second kappa shape index (κ2) is 6.89. The number of sulfonamides is 1. The molecule has 1 aromatic rings. The van der Waals surface area contributed by atoms with Crippen LogP contribution in [-0.4, -0.2) is 32.7 Å². The van der Waals surface area contributed by atoms with Gasteiger partial charge in [0.05, 0.1) is 11.1 Å². The van der Waals surface area contributed by atoms with Crippen molar-refractivity contribution in [2.24, 2.45) is 11.8 Å². The van der Waals surface area contributed by atoms with Gasteiger partial charge in [-0.1, -0.05) is 18.5 Å². The van der Waals surface area contributed by atoms with Gasteiger partial charge in [-0.2, -0.15) is 0 Å². The van der Waals surface area contributed by atoms with Crippen LogP contribution < -0.4 is 16.0 Å². The van der Waals surface area contributed by atoms with Gasteiger partial charge in [0, 0.05) is 25.3 Å². The Kier molecular flexibility index (Phi) is 5.39.